The molecule has 0 unspecified atom stereocenters. The van der Waals surface area contributed by atoms with Crippen molar-refractivity contribution in [3.05, 3.63) is 71.4 Å². The fourth-order valence-electron chi connectivity index (χ4n) is 2.86. The number of carboxylic acids is 1. The van der Waals surface area contributed by atoms with Crippen molar-refractivity contribution in [2.45, 2.75) is 11.9 Å². The SMILES string of the molecule is CC(=O)O.COc1ccc(-[n+]2nc(S(=O)(=O)O)c(/C=C/c3ccc(N(C)C)cc3)cc2C#N)cc1. The molecule has 3 aromatic rings. The van der Waals surface area contributed by atoms with Crippen molar-refractivity contribution < 1.29 is 32.3 Å². The molecule has 182 valence electrons. The van der Waals surface area contributed by atoms with Crippen LogP contribution in [0.5, 0.6) is 5.75 Å². The smallest absolute Gasteiger partial charge is 0.318 e. The van der Waals surface area contributed by atoms with Crippen LogP contribution < -0.4 is 14.3 Å². The van der Waals surface area contributed by atoms with Gasteiger partial charge in [-0.25, -0.2) is 0 Å². The van der Waals surface area contributed by atoms with Crippen LogP contribution in [0.1, 0.15) is 23.7 Å². The van der Waals surface area contributed by atoms with E-state index in [0.717, 1.165) is 22.9 Å². The molecule has 2 N–H and O–H groups in total. The molecule has 0 radical (unpaired) electrons. The van der Waals surface area contributed by atoms with E-state index in [9.17, 15) is 18.2 Å². The second kappa shape index (κ2) is 11.7. The van der Waals surface area contributed by atoms with Crippen molar-refractivity contribution in [3.8, 4) is 17.5 Å². The second-order valence-electron chi connectivity index (χ2n) is 7.33. The van der Waals surface area contributed by atoms with Crippen LogP contribution in [0.4, 0.5) is 5.69 Å². The number of ether oxygens (including phenoxy) is 1. The van der Waals surface area contributed by atoms with Crippen LogP contribution in [0.15, 0.2) is 59.6 Å². The van der Waals surface area contributed by atoms with Crippen LogP contribution in [0.3, 0.4) is 0 Å². The quantitative estimate of drug-likeness (QED) is 0.388. The van der Waals surface area contributed by atoms with Crippen LogP contribution >= 0.6 is 0 Å². The molecule has 0 amide bonds. The molecular weight excluding hydrogens is 472 g/mol. The lowest BCUT2D eigenvalue weighted by atomic mass is 10.1. The third kappa shape index (κ3) is 7.63. The summed E-state index contributed by atoms with van der Waals surface area (Å²) in [5, 5.41) is 20.5. The van der Waals surface area contributed by atoms with Gasteiger partial charge in [-0.05, 0) is 34.5 Å². The standard InChI is InChI=1S/C22H20N4O4S.C2H4O2/c1-25(2)18-8-5-16(6-9-18)4-7-17-14-20(15-23)26(24-22(17)31(27,28)29)19-10-12-21(30-3)13-11-19;1-2(3)4/h4-14H,1-3H3;1H3,(H,3,4)/p+1. The largest absolute Gasteiger partial charge is 0.497 e. The Morgan fingerprint density at radius 2 is 1.69 bits per heavy atom. The first-order chi connectivity index (χ1) is 16.5. The van der Waals surface area contributed by atoms with Crippen LogP contribution in [-0.4, -0.2) is 50.4 Å². The molecule has 0 saturated heterocycles. The highest BCUT2D eigenvalue weighted by Gasteiger charge is 2.27. The van der Waals surface area contributed by atoms with E-state index < -0.39 is 21.1 Å². The van der Waals surface area contributed by atoms with Gasteiger partial charge in [-0.1, -0.05) is 24.3 Å². The summed E-state index contributed by atoms with van der Waals surface area (Å²) >= 11 is 0. The highest BCUT2D eigenvalue weighted by molar-refractivity contribution is 7.85. The number of methoxy groups -OCH3 is 1. The lowest BCUT2D eigenvalue weighted by Crippen LogP contribution is -2.40. The summed E-state index contributed by atoms with van der Waals surface area (Å²) in [5.41, 5.74) is 2.47. The van der Waals surface area contributed by atoms with Gasteiger partial charge in [0.2, 0.25) is 5.69 Å². The molecule has 35 heavy (non-hydrogen) atoms. The summed E-state index contributed by atoms with van der Waals surface area (Å²) in [4.78, 5) is 11.0. The minimum Gasteiger partial charge on any atom is -0.497 e. The molecule has 0 aliphatic carbocycles. The van der Waals surface area contributed by atoms with Crippen LogP contribution in [0.2, 0.25) is 0 Å². The Kier molecular flexibility index (Phi) is 9.04. The molecule has 0 saturated carbocycles. The van der Waals surface area contributed by atoms with E-state index >= 15 is 0 Å². The number of hydrogen-bond acceptors (Lipinski definition) is 7. The lowest BCUT2D eigenvalue weighted by Gasteiger charge is -2.11. The normalized spacial score (nSPS) is 10.7. The number of carboxylic acid groups (broad SMARTS) is 1. The number of nitriles is 1. The average molecular weight is 498 g/mol. The van der Waals surface area contributed by atoms with Crippen molar-refractivity contribution >= 4 is 33.9 Å². The summed E-state index contributed by atoms with van der Waals surface area (Å²) in [7, 11) is 0.734. The first-order valence-electron chi connectivity index (χ1n) is 10.1. The number of carbonyl (C=O) groups is 1. The zero-order chi connectivity index (χ0) is 26.2. The third-order valence-electron chi connectivity index (χ3n) is 4.50. The van der Waals surface area contributed by atoms with Gasteiger partial charge < -0.3 is 14.7 Å². The highest BCUT2D eigenvalue weighted by Crippen LogP contribution is 2.19. The number of anilines is 1. The van der Waals surface area contributed by atoms with E-state index in [1.807, 2.05) is 49.3 Å². The first kappa shape index (κ1) is 27.0. The molecule has 0 bridgehead atoms. The molecular formula is C24H25N4O6S+. The van der Waals surface area contributed by atoms with Gasteiger partial charge in [-0.15, -0.1) is 0 Å². The average Bonchev–Trinajstić information content (AvgIpc) is 2.81. The predicted molar refractivity (Wildman–Crippen MR) is 130 cm³/mol. The van der Waals surface area contributed by atoms with Crippen LogP contribution in [0, 0.1) is 11.3 Å². The third-order valence-corrected chi connectivity index (χ3v) is 5.30. The molecule has 1 aromatic heterocycles. The van der Waals surface area contributed by atoms with Crippen LogP contribution in [0.25, 0.3) is 17.8 Å². The molecule has 1 heterocycles. The van der Waals surface area contributed by atoms with E-state index in [-0.39, 0.29) is 11.3 Å². The Morgan fingerprint density at radius 1 is 1.11 bits per heavy atom. The Hall–Kier alpha value is -4.27. The van der Waals surface area contributed by atoms with Gasteiger partial charge >= 0.3 is 15.8 Å². The number of aromatic nitrogens is 2. The Bertz CT molecular complexity index is 1360. The zero-order valence-corrected chi connectivity index (χ0v) is 20.4. The molecule has 0 aliphatic heterocycles. The topological polar surface area (TPSA) is 145 Å². The summed E-state index contributed by atoms with van der Waals surface area (Å²) in [6, 6.07) is 17.5. The first-order valence-corrected chi connectivity index (χ1v) is 11.5. The minimum atomic E-state index is -4.65. The number of hydrogen-bond donors (Lipinski definition) is 2. The maximum atomic E-state index is 12.0. The van der Waals surface area contributed by atoms with Crippen LogP contribution in [-0.2, 0) is 14.9 Å². The number of benzene rings is 2. The van der Waals surface area contributed by atoms with Gasteiger partial charge in [0.15, 0.2) is 6.07 Å². The molecule has 0 spiro atoms. The van der Waals surface area contributed by atoms with E-state index in [4.69, 9.17) is 14.6 Å². The molecule has 0 fully saturated rings. The molecule has 2 aromatic carbocycles. The molecule has 10 nitrogen and oxygen atoms in total. The second-order valence-corrected chi connectivity index (χ2v) is 8.66. The fraction of sp³-hybridized carbons (Fsp3) is 0.167. The fourth-order valence-corrected chi connectivity index (χ4v) is 3.47. The zero-order valence-electron chi connectivity index (χ0n) is 19.6. The summed E-state index contributed by atoms with van der Waals surface area (Å²) < 4.78 is 40.0. The predicted octanol–water partition coefficient (Wildman–Crippen LogP) is 2.81. The Labute approximate surface area is 203 Å². The Morgan fingerprint density at radius 3 is 2.14 bits per heavy atom. The van der Waals surface area contributed by atoms with Gasteiger partial charge in [0.25, 0.3) is 11.0 Å². The number of aliphatic carboxylic acids is 1. The highest BCUT2D eigenvalue weighted by atomic mass is 32.2. The van der Waals surface area contributed by atoms with Crippen molar-refractivity contribution in [3.63, 3.8) is 0 Å². The van der Waals surface area contributed by atoms with Crippen molar-refractivity contribution in [2.24, 2.45) is 0 Å². The summed E-state index contributed by atoms with van der Waals surface area (Å²) in [5.74, 6) is -0.238. The van der Waals surface area contributed by atoms with Crippen molar-refractivity contribution in [2.75, 3.05) is 26.1 Å². The van der Waals surface area contributed by atoms with Gasteiger partial charge in [-0.2, -0.15) is 13.7 Å². The maximum absolute atomic E-state index is 12.0. The van der Waals surface area contributed by atoms with E-state index in [1.54, 1.807) is 30.3 Å². The number of rotatable bonds is 6. The van der Waals surface area contributed by atoms with E-state index in [2.05, 4.69) is 5.10 Å². The number of nitrogens with zero attached hydrogens (tertiary/aromatic N) is 4. The van der Waals surface area contributed by atoms with Gasteiger partial charge in [-0.3, -0.25) is 9.35 Å². The molecule has 11 heteroatoms. The van der Waals surface area contributed by atoms with Crippen molar-refractivity contribution in [1.29, 1.82) is 5.26 Å². The molecule has 0 atom stereocenters. The van der Waals surface area contributed by atoms with Gasteiger partial charge in [0.1, 0.15) is 5.75 Å². The summed E-state index contributed by atoms with van der Waals surface area (Å²) in [6.45, 7) is 1.08. The lowest BCUT2D eigenvalue weighted by molar-refractivity contribution is -0.666. The monoisotopic (exact) mass is 497 g/mol. The van der Waals surface area contributed by atoms with Gasteiger partial charge in [0, 0.05) is 55.6 Å². The Balaban J connectivity index is 0.00000100. The molecule has 3 rings (SSSR count). The summed E-state index contributed by atoms with van der Waals surface area (Å²) in [6.07, 6.45) is 3.18. The maximum Gasteiger partial charge on any atom is 0.318 e. The van der Waals surface area contributed by atoms with Gasteiger partial charge in [0.05, 0.1) is 7.11 Å². The van der Waals surface area contributed by atoms with E-state index in [0.29, 0.717) is 11.4 Å². The van der Waals surface area contributed by atoms with Crippen molar-refractivity contribution in [1.82, 2.24) is 5.10 Å². The minimum absolute atomic E-state index is 0.0974. The molecule has 0 aliphatic rings. The van der Waals surface area contributed by atoms with E-state index in [1.165, 1.54) is 19.3 Å².